The van der Waals surface area contributed by atoms with E-state index >= 15 is 0 Å². The number of hydrogen-bond acceptors (Lipinski definition) is 3. The minimum Gasteiger partial charge on any atom is -0.395 e. The number of likely N-dealkylation sites (N-methyl/N-ethyl adjacent to an activating group) is 1. The molecule has 0 unspecified atom stereocenters. The second kappa shape index (κ2) is 4.82. The Morgan fingerprint density at radius 1 is 1.54 bits per heavy atom. The molecule has 0 atom stereocenters. The molecule has 0 saturated heterocycles. The van der Waals surface area contributed by atoms with Gasteiger partial charge in [-0.05, 0) is 26.0 Å². The number of aryl methyl sites for hydroxylation is 1. The van der Waals surface area contributed by atoms with Crippen molar-refractivity contribution in [2.45, 2.75) is 13.8 Å². The van der Waals surface area contributed by atoms with Gasteiger partial charge in [0.1, 0.15) is 0 Å². The van der Waals surface area contributed by atoms with E-state index < -0.39 is 0 Å². The number of nitrogens with zero attached hydrogens (tertiary/aromatic N) is 2. The summed E-state index contributed by atoms with van der Waals surface area (Å²) in [4.78, 5) is 6.25. The second-order valence-electron chi connectivity index (χ2n) is 2.96. The molecule has 72 valence electrons. The van der Waals surface area contributed by atoms with Gasteiger partial charge in [-0.1, -0.05) is 0 Å². The van der Waals surface area contributed by atoms with Crippen molar-refractivity contribution in [3.63, 3.8) is 0 Å². The first kappa shape index (κ1) is 9.99. The van der Waals surface area contributed by atoms with Gasteiger partial charge in [0.25, 0.3) is 0 Å². The summed E-state index contributed by atoms with van der Waals surface area (Å²) in [5.74, 6) is 0. The standard InChI is InChI=1S/C10H16N2O/c1-3-12(6-7-13)10-4-5-11-9(2)8-10/h4-5,8,13H,3,6-7H2,1-2H3. The summed E-state index contributed by atoms with van der Waals surface area (Å²) in [5, 5.41) is 8.84. The summed E-state index contributed by atoms with van der Waals surface area (Å²) in [5.41, 5.74) is 2.14. The van der Waals surface area contributed by atoms with Gasteiger partial charge in [-0.3, -0.25) is 4.98 Å². The fourth-order valence-corrected chi connectivity index (χ4v) is 1.32. The molecule has 0 saturated carbocycles. The third-order valence-electron chi connectivity index (χ3n) is 2.00. The summed E-state index contributed by atoms with van der Waals surface area (Å²) < 4.78 is 0. The topological polar surface area (TPSA) is 36.4 Å². The van der Waals surface area contributed by atoms with Crippen LogP contribution in [-0.2, 0) is 0 Å². The number of aliphatic hydroxyl groups excluding tert-OH is 1. The zero-order chi connectivity index (χ0) is 9.68. The second-order valence-corrected chi connectivity index (χ2v) is 2.96. The van der Waals surface area contributed by atoms with Crippen LogP contribution in [0.1, 0.15) is 12.6 Å². The molecule has 0 amide bonds. The molecular weight excluding hydrogens is 164 g/mol. The lowest BCUT2D eigenvalue weighted by atomic mass is 10.3. The highest BCUT2D eigenvalue weighted by atomic mass is 16.3. The van der Waals surface area contributed by atoms with Crippen molar-refractivity contribution in [1.29, 1.82) is 0 Å². The molecular formula is C10H16N2O. The molecule has 0 aliphatic rings. The summed E-state index contributed by atoms with van der Waals surface area (Å²) in [6.45, 7) is 5.82. The molecule has 1 aromatic rings. The van der Waals surface area contributed by atoms with Crippen molar-refractivity contribution in [1.82, 2.24) is 4.98 Å². The van der Waals surface area contributed by atoms with Gasteiger partial charge < -0.3 is 10.0 Å². The van der Waals surface area contributed by atoms with Crippen LogP contribution in [0, 0.1) is 6.92 Å². The minimum atomic E-state index is 0.190. The van der Waals surface area contributed by atoms with Crippen LogP contribution >= 0.6 is 0 Å². The first-order valence-corrected chi connectivity index (χ1v) is 4.56. The zero-order valence-corrected chi connectivity index (χ0v) is 8.20. The number of anilines is 1. The van der Waals surface area contributed by atoms with Gasteiger partial charge in [-0.2, -0.15) is 0 Å². The average Bonchev–Trinajstić information content (AvgIpc) is 2.14. The Morgan fingerprint density at radius 3 is 2.85 bits per heavy atom. The number of rotatable bonds is 4. The third kappa shape index (κ3) is 2.70. The van der Waals surface area contributed by atoms with Gasteiger partial charge in [0.15, 0.2) is 0 Å². The predicted octanol–water partition coefficient (Wildman–Crippen LogP) is 1.21. The molecule has 0 aliphatic carbocycles. The van der Waals surface area contributed by atoms with Crippen molar-refractivity contribution in [3.8, 4) is 0 Å². The maximum atomic E-state index is 8.84. The molecule has 13 heavy (non-hydrogen) atoms. The number of aromatic nitrogens is 1. The quantitative estimate of drug-likeness (QED) is 0.756. The van der Waals surface area contributed by atoms with E-state index in [0.717, 1.165) is 17.9 Å². The largest absolute Gasteiger partial charge is 0.395 e. The first-order chi connectivity index (χ1) is 6.27. The molecule has 0 radical (unpaired) electrons. The van der Waals surface area contributed by atoms with Crippen molar-refractivity contribution in [3.05, 3.63) is 24.0 Å². The molecule has 0 aromatic carbocycles. The summed E-state index contributed by atoms with van der Waals surface area (Å²) in [6.07, 6.45) is 1.80. The molecule has 1 heterocycles. The molecule has 1 N–H and O–H groups in total. The molecule has 1 rings (SSSR count). The zero-order valence-electron chi connectivity index (χ0n) is 8.20. The van der Waals surface area contributed by atoms with E-state index in [1.165, 1.54) is 0 Å². The van der Waals surface area contributed by atoms with Crippen LogP contribution in [0.4, 0.5) is 5.69 Å². The van der Waals surface area contributed by atoms with Crippen LogP contribution in [0.3, 0.4) is 0 Å². The molecule has 3 heteroatoms. The van der Waals surface area contributed by atoms with E-state index in [1.807, 2.05) is 19.1 Å². The molecule has 0 bridgehead atoms. The van der Waals surface area contributed by atoms with Crippen LogP contribution in [0.15, 0.2) is 18.3 Å². The van der Waals surface area contributed by atoms with Crippen LogP contribution in [0.2, 0.25) is 0 Å². The Bertz CT molecular complexity index is 263. The lowest BCUT2D eigenvalue weighted by Crippen LogP contribution is -2.26. The van der Waals surface area contributed by atoms with Gasteiger partial charge in [0.05, 0.1) is 6.61 Å². The van der Waals surface area contributed by atoms with Gasteiger partial charge >= 0.3 is 0 Å². The van der Waals surface area contributed by atoms with E-state index in [0.29, 0.717) is 6.54 Å². The van der Waals surface area contributed by atoms with Crippen LogP contribution < -0.4 is 4.90 Å². The van der Waals surface area contributed by atoms with E-state index in [1.54, 1.807) is 6.20 Å². The summed E-state index contributed by atoms with van der Waals surface area (Å²) in [6, 6.07) is 3.99. The highest BCUT2D eigenvalue weighted by Crippen LogP contribution is 2.12. The van der Waals surface area contributed by atoms with Crippen molar-refractivity contribution in [2.24, 2.45) is 0 Å². The fourth-order valence-electron chi connectivity index (χ4n) is 1.32. The molecule has 3 nitrogen and oxygen atoms in total. The van der Waals surface area contributed by atoms with E-state index in [4.69, 9.17) is 5.11 Å². The summed E-state index contributed by atoms with van der Waals surface area (Å²) in [7, 11) is 0. The SMILES string of the molecule is CCN(CCO)c1ccnc(C)c1. The number of pyridine rings is 1. The van der Waals surface area contributed by atoms with Crippen LogP contribution in [-0.4, -0.2) is 29.8 Å². The Morgan fingerprint density at radius 2 is 2.31 bits per heavy atom. The number of aliphatic hydroxyl groups is 1. The molecule has 0 fully saturated rings. The molecule has 0 spiro atoms. The maximum Gasteiger partial charge on any atom is 0.0606 e. The van der Waals surface area contributed by atoms with Crippen molar-refractivity contribution < 1.29 is 5.11 Å². The molecule has 1 aromatic heterocycles. The van der Waals surface area contributed by atoms with Gasteiger partial charge in [0, 0.05) is 30.7 Å². The number of hydrogen-bond donors (Lipinski definition) is 1. The van der Waals surface area contributed by atoms with Gasteiger partial charge in [-0.25, -0.2) is 0 Å². The fraction of sp³-hybridized carbons (Fsp3) is 0.500. The van der Waals surface area contributed by atoms with E-state index in [2.05, 4.69) is 16.8 Å². The van der Waals surface area contributed by atoms with Gasteiger partial charge in [-0.15, -0.1) is 0 Å². The van der Waals surface area contributed by atoms with Crippen LogP contribution in [0.5, 0.6) is 0 Å². The normalized spacial score (nSPS) is 10.1. The lowest BCUT2D eigenvalue weighted by Gasteiger charge is -2.21. The van der Waals surface area contributed by atoms with Crippen molar-refractivity contribution in [2.75, 3.05) is 24.6 Å². The smallest absolute Gasteiger partial charge is 0.0606 e. The van der Waals surface area contributed by atoms with E-state index in [9.17, 15) is 0 Å². The highest BCUT2D eigenvalue weighted by molar-refractivity contribution is 5.46. The molecule has 0 aliphatic heterocycles. The Hall–Kier alpha value is -1.09. The van der Waals surface area contributed by atoms with E-state index in [-0.39, 0.29) is 6.61 Å². The monoisotopic (exact) mass is 180 g/mol. The predicted molar refractivity (Wildman–Crippen MR) is 53.9 cm³/mol. The van der Waals surface area contributed by atoms with Crippen LogP contribution in [0.25, 0.3) is 0 Å². The minimum absolute atomic E-state index is 0.190. The third-order valence-corrected chi connectivity index (χ3v) is 2.00. The summed E-state index contributed by atoms with van der Waals surface area (Å²) >= 11 is 0. The Labute approximate surface area is 79.0 Å². The van der Waals surface area contributed by atoms with Crippen molar-refractivity contribution >= 4 is 5.69 Å². The maximum absolute atomic E-state index is 8.84. The first-order valence-electron chi connectivity index (χ1n) is 4.56. The lowest BCUT2D eigenvalue weighted by molar-refractivity contribution is 0.302. The average molecular weight is 180 g/mol. The van der Waals surface area contributed by atoms with Gasteiger partial charge in [0.2, 0.25) is 0 Å². The Balaban J connectivity index is 2.78. The Kier molecular flexibility index (Phi) is 3.71. The highest BCUT2D eigenvalue weighted by Gasteiger charge is 2.02.